The van der Waals surface area contributed by atoms with Crippen LogP contribution in [-0.2, 0) is 9.59 Å². The van der Waals surface area contributed by atoms with Crippen molar-refractivity contribution < 1.29 is 9.59 Å². The Hall–Kier alpha value is -2.30. The highest BCUT2D eigenvalue weighted by Gasteiger charge is 2.26. The number of anilines is 1. The van der Waals surface area contributed by atoms with Gasteiger partial charge in [0.2, 0.25) is 11.8 Å². The fourth-order valence-electron chi connectivity index (χ4n) is 2.70. The predicted octanol–water partition coefficient (Wildman–Crippen LogP) is 1.54. The summed E-state index contributed by atoms with van der Waals surface area (Å²) < 4.78 is 0. The number of carbonyl (C=O) groups is 2. The normalized spacial score (nSPS) is 15.4. The van der Waals surface area contributed by atoms with E-state index in [2.05, 4.69) is 0 Å². The molecular formula is C16H21N3O2. The highest BCUT2D eigenvalue weighted by molar-refractivity contribution is 5.94. The molecule has 112 valence electrons. The molecule has 1 aromatic rings. The minimum absolute atomic E-state index is 0.0230. The number of amides is 2. The minimum atomic E-state index is -0.479. The topological polar surface area (TPSA) is 89.4 Å². The number of nitrogens with two attached hydrogens (primary N) is 2. The van der Waals surface area contributed by atoms with Crippen molar-refractivity contribution in [2.24, 2.45) is 5.73 Å². The molecule has 5 heteroatoms. The lowest BCUT2D eigenvalue weighted by Gasteiger charge is -2.26. The van der Waals surface area contributed by atoms with E-state index in [9.17, 15) is 9.59 Å². The van der Waals surface area contributed by atoms with Gasteiger partial charge in [0.1, 0.15) is 0 Å². The van der Waals surface area contributed by atoms with Crippen LogP contribution in [0.15, 0.2) is 30.3 Å². The first-order chi connectivity index (χ1) is 10.1. The Morgan fingerprint density at radius 1 is 1.29 bits per heavy atom. The van der Waals surface area contributed by atoms with E-state index in [4.69, 9.17) is 11.5 Å². The molecule has 2 rings (SSSR count). The molecule has 0 atom stereocenters. The van der Waals surface area contributed by atoms with Gasteiger partial charge in [0.05, 0.1) is 6.54 Å². The number of benzene rings is 1. The molecule has 0 bridgehead atoms. The lowest BCUT2D eigenvalue weighted by atomic mass is 10.1. The van der Waals surface area contributed by atoms with Gasteiger partial charge in [-0.3, -0.25) is 9.59 Å². The maximum Gasteiger partial charge on any atom is 0.247 e. The number of carbonyl (C=O) groups excluding carboxylic acids is 2. The van der Waals surface area contributed by atoms with Gasteiger partial charge in [0, 0.05) is 17.8 Å². The quantitative estimate of drug-likeness (QED) is 0.636. The van der Waals surface area contributed by atoms with Crippen LogP contribution in [0, 0.1) is 0 Å². The van der Waals surface area contributed by atoms with E-state index in [1.165, 1.54) is 6.08 Å². The largest absolute Gasteiger partial charge is 0.399 e. The smallest absolute Gasteiger partial charge is 0.247 e. The summed E-state index contributed by atoms with van der Waals surface area (Å²) in [5.74, 6) is -0.657. The summed E-state index contributed by atoms with van der Waals surface area (Å²) >= 11 is 0. The summed E-state index contributed by atoms with van der Waals surface area (Å²) in [7, 11) is 0. The van der Waals surface area contributed by atoms with E-state index < -0.39 is 5.91 Å². The van der Waals surface area contributed by atoms with Crippen molar-refractivity contribution in [2.45, 2.75) is 31.7 Å². The number of nitrogens with zero attached hydrogens (tertiary/aromatic N) is 1. The fraction of sp³-hybridized carbons (Fsp3) is 0.375. The molecule has 4 N–H and O–H groups in total. The van der Waals surface area contributed by atoms with E-state index in [-0.39, 0.29) is 18.5 Å². The Labute approximate surface area is 124 Å². The summed E-state index contributed by atoms with van der Waals surface area (Å²) in [5, 5.41) is 0. The summed E-state index contributed by atoms with van der Waals surface area (Å²) in [4.78, 5) is 25.1. The lowest BCUT2D eigenvalue weighted by molar-refractivity contribution is -0.133. The average Bonchev–Trinajstić information content (AvgIpc) is 2.96. The van der Waals surface area contributed by atoms with Crippen molar-refractivity contribution in [3.63, 3.8) is 0 Å². The Morgan fingerprint density at radius 3 is 2.62 bits per heavy atom. The molecular weight excluding hydrogens is 266 g/mol. The van der Waals surface area contributed by atoms with Crippen LogP contribution in [-0.4, -0.2) is 29.3 Å². The number of hydrogen-bond acceptors (Lipinski definition) is 3. The molecule has 0 aliphatic heterocycles. The average molecular weight is 287 g/mol. The Bertz CT molecular complexity index is 548. The van der Waals surface area contributed by atoms with Crippen LogP contribution in [0.1, 0.15) is 31.2 Å². The molecule has 2 amide bonds. The van der Waals surface area contributed by atoms with Gasteiger partial charge in [-0.15, -0.1) is 0 Å². The van der Waals surface area contributed by atoms with Crippen LogP contribution in [0.3, 0.4) is 0 Å². The number of primary amides is 1. The molecule has 21 heavy (non-hydrogen) atoms. The zero-order chi connectivity index (χ0) is 15.2. The molecule has 0 unspecified atom stereocenters. The summed E-state index contributed by atoms with van der Waals surface area (Å²) in [5.41, 5.74) is 12.5. The minimum Gasteiger partial charge on any atom is -0.399 e. The van der Waals surface area contributed by atoms with Crippen molar-refractivity contribution in [1.29, 1.82) is 0 Å². The van der Waals surface area contributed by atoms with Crippen LogP contribution in [0.4, 0.5) is 5.69 Å². The molecule has 1 fully saturated rings. The Kier molecular flexibility index (Phi) is 4.98. The maximum atomic E-state index is 12.3. The summed E-state index contributed by atoms with van der Waals surface area (Å²) in [6.07, 6.45) is 7.24. The van der Waals surface area contributed by atoms with Crippen LogP contribution < -0.4 is 11.5 Å². The molecule has 5 nitrogen and oxygen atoms in total. The maximum absolute atomic E-state index is 12.3. The van der Waals surface area contributed by atoms with Gasteiger partial charge in [-0.25, -0.2) is 0 Å². The second kappa shape index (κ2) is 6.92. The predicted molar refractivity (Wildman–Crippen MR) is 83.1 cm³/mol. The SMILES string of the molecule is NC(=O)CN(C(=O)/C=C/c1cccc(N)c1)C1CCCC1. The van der Waals surface area contributed by atoms with Gasteiger partial charge in [0.25, 0.3) is 0 Å². The zero-order valence-corrected chi connectivity index (χ0v) is 12.0. The third-order valence-electron chi connectivity index (χ3n) is 3.70. The summed E-state index contributed by atoms with van der Waals surface area (Å²) in [6.45, 7) is -0.0230. The van der Waals surface area contributed by atoms with Crippen LogP contribution in [0.5, 0.6) is 0 Å². The van der Waals surface area contributed by atoms with Crippen LogP contribution in [0.25, 0.3) is 6.08 Å². The molecule has 0 heterocycles. The van der Waals surface area contributed by atoms with Gasteiger partial charge in [-0.05, 0) is 36.6 Å². The van der Waals surface area contributed by atoms with Crippen molar-refractivity contribution in [3.8, 4) is 0 Å². The number of hydrogen-bond donors (Lipinski definition) is 2. The molecule has 1 saturated carbocycles. The van der Waals surface area contributed by atoms with Gasteiger partial charge >= 0.3 is 0 Å². The third kappa shape index (κ3) is 4.34. The van der Waals surface area contributed by atoms with Crippen molar-refractivity contribution in [1.82, 2.24) is 4.90 Å². The van der Waals surface area contributed by atoms with Crippen molar-refractivity contribution in [2.75, 3.05) is 12.3 Å². The van der Waals surface area contributed by atoms with Gasteiger partial charge in [-0.2, -0.15) is 0 Å². The van der Waals surface area contributed by atoms with Crippen molar-refractivity contribution in [3.05, 3.63) is 35.9 Å². The fourth-order valence-corrected chi connectivity index (χ4v) is 2.70. The van der Waals surface area contributed by atoms with Crippen LogP contribution in [0.2, 0.25) is 0 Å². The zero-order valence-electron chi connectivity index (χ0n) is 12.0. The second-order valence-electron chi connectivity index (χ2n) is 5.37. The highest BCUT2D eigenvalue weighted by Crippen LogP contribution is 2.23. The van der Waals surface area contributed by atoms with Gasteiger partial charge in [-0.1, -0.05) is 25.0 Å². The van der Waals surface area contributed by atoms with E-state index in [0.717, 1.165) is 31.2 Å². The number of rotatable bonds is 5. The van der Waals surface area contributed by atoms with Gasteiger partial charge < -0.3 is 16.4 Å². The van der Waals surface area contributed by atoms with Crippen molar-refractivity contribution >= 4 is 23.6 Å². The monoisotopic (exact) mass is 287 g/mol. The molecule has 1 aliphatic carbocycles. The highest BCUT2D eigenvalue weighted by atomic mass is 16.2. The third-order valence-corrected chi connectivity index (χ3v) is 3.70. The molecule has 1 aromatic carbocycles. The first-order valence-corrected chi connectivity index (χ1v) is 7.19. The summed E-state index contributed by atoms with van der Waals surface area (Å²) in [6, 6.07) is 7.40. The second-order valence-corrected chi connectivity index (χ2v) is 5.37. The standard InChI is InChI=1S/C16H21N3O2/c17-13-5-3-4-12(10-13)8-9-16(21)19(11-15(18)20)14-6-1-2-7-14/h3-5,8-10,14H,1-2,6-7,11,17H2,(H2,18,20)/b9-8+. The van der Waals surface area contributed by atoms with E-state index in [0.29, 0.717) is 5.69 Å². The Morgan fingerprint density at radius 2 is 2.00 bits per heavy atom. The molecule has 0 saturated heterocycles. The molecule has 0 radical (unpaired) electrons. The van der Waals surface area contributed by atoms with Gasteiger partial charge in [0.15, 0.2) is 0 Å². The van der Waals surface area contributed by atoms with Crippen LogP contribution >= 0.6 is 0 Å². The first-order valence-electron chi connectivity index (χ1n) is 7.19. The Balaban J connectivity index is 2.08. The van der Waals surface area contributed by atoms with E-state index in [1.54, 1.807) is 23.1 Å². The molecule has 0 aromatic heterocycles. The molecule has 1 aliphatic rings. The lowest BCUT2D eigenvalue weighted by Crippen LogP contribution is -2.43. The molecule has 0 spiro atoms. The van der Waals surface area contributed by atoms with E-state index >= 15 is 0 Å². The van der Waals surface area contributed by atoms with E-state index in [1.807, 2.05) is 12.1 Å². The first kappa shape index (κ1) is 15.1. The number of nitrogen functional groups attached to an aromatic ring is 1.